The lowest BCUT2D eigenvalue weighted by Crippen LogP contribution is -2.25. The quantitative estimate of drug-likeness (QED) is 0.773. The summed E-state index contributed by atoms with van der Waals surface area (Å²) in [5.74, 6) is 1.24. The molecule has 2 aliphatic rings. The van der Waals surface area contributed by atoms with E-state index in [0.29, 0.717) is 23.7 Å². The lowest BCUT2D eigenvalue weighted by atomic mass is 10.1. The van der Waals surface area contributed by atoms with Gasteiger partial charge in [-0.05, 0) is 37.5 Å². The molecule has 1 atom stereocenters. The van der Waals surface area contributed by atoms with Crippen LogP contribution in [0.15, 0.2) is 18.2 Å². The summed E-state index contributed by atoms with van der Waals surface area (Å²) in [6.45, 7) is 1.56. The third-order valence-corrected chi connectivity index (χ3v) is 3.51. The van der Waals surface area contributed by atoms with E-state index >= 15 is 0 Å². The van der Waals surface area contributed by atoms with Crippen LogP contribution in [0.4, 0.5) is 0 Å². The number of carbonyl (C=O) groups excluding carboxylic acids is 1. The summed E-state index contributed by atoms with van der Waals surface area (Å²) < 4.78 is 21.5. The number of Topliss-reactive ketones (excluding diaryl/α,β-unsaturated/α-hetero) is 1. The van der Waals surface area contributed by atoms with Crippen LogP contribution in [0.1, 0.15) is 29.6 Å². The van der Waals surface area contributed by atoms with Crippen molar-refractivity contribution in [2.45, 2.75) is 25.4 Å². The van der Waals surface area contributed by atoms with Crippen molar-refractivity contribution in [1.82, 2.24) is 0 Å². The molecule has 5 nitrogen and oxygen atoms in total. The average Bonchev–Trinajstić information content (AvgIpc) is 2.95. The summed E-state index contributed by atoms with van der Waals surface area (Å²) in [6, 6.07) is 5.18. The summed E-state index contributed by atoms with van der Waals surface area (Å²) in [4.78, 5) is 12.0. The molecular weight excluding hydrogens is 260 g/mol. The fraction of sp³-hybridized carbons (Fsp3) is 0.533. The summed E-state index contributed by atoms with van der Waals surface area (Å²) in [5, 5.41) is 0. The van der Waals surface area contributed by atoms with Crippen LogP contribution < -0.4 is 9.47 Å². The Kier molecular flexibility index (Phi) is 4.18. The molecule has 0 bridgehead atoms. The van der Waals surface area contributed by atoms with Crippen LogP contribution >= 0.6 is 0 Å². The third kappa shape index (κ3) is 3.11. The second-order valence-electron chi connectivity index (χ2n) is 4.99. The van der Waals surface area contributed by atoms with Gasteiger partial charge in [0.2, 0.25) is 6.79 Å². The zero-order chi connectivity index (χ0) is 13.8. The monoisotopic (exact) mass is 278 g/mol. The molecule has 0 amide bonds. The number of carbonyl (C=O) groups is 1. The maximum Gasteiger partial charge on any atom is 0.231 e. The highest BCUT2D eigenvalue weighted by Crippen LogP contribution is 2.32. The van der Waals surface area contributed by atoms with Crippen molar-refractivity contribution in [2.75, 3.05) is 26.6 Å². The van der Waals surface area contributed by atoms with Gasteiger partial charge in [-0.3, -0.25) is 4.79 Å². The smallest absolute Gasteiger partial charge is 0.231 e. The van der Waals surface area contributed by atoms with Gasteiger partial charge < -0.3 is 18.9 Å². The fourth-order valence-electron chi connectivity index (χ4n) is 2.38. The number of ketones is 1. The van der Waals surface area contributed by atoms with Gasteiger partial charge in [-0.2, -0.15) is 0 Å². The molecule has 108 valence electrons. The molecule has 5 heteroatoms. The van der Waals surface area contributed by atoms with Crippen molar-refractivity contribution in [3.05, 3.63) is 23.8 Å². The highest BCUT2D eigenvalue weighted by molar-refractivity contribution is 5.97. The molecular formula is C15H18O5. The van der Waals surface area contributed by atoms with Gasteiger partial charge >= 0.3 is 0 Å². The highest BCUT2D eigenvalue weighted by atomic mass is 16.7. The minimum Gasteiger partial charge on any atom is -0.454 e. The van der Waals surface area contributed by atoms with E-state index in [0.717, 1.165) is 19.4 Å². The molecule has 0 saturated carbocycles. The Morgan fingerprint density at radius 2 is 2.15 bits per heavy atom. The topological polar surface area (TPSA) is 54.0 Å². The lowest BCUT2D eigenvalue weighted by molar-refractivity contribution is -0.0370. The van der Waals surface area contributed by atoms with Crippen molar-refractivity contribution in [2.24, 2.45) is 0 Å². The van der Waals surface area contributed by atoms with E-state index in [-0.39, 0.29) is 25.3 Å². The van der Waals surface area contributed by atoms with Crippen molar-refractivity contribution in [3.8, 4) is 11.5 Å². The Hall–Kier alpha value is -1.59. The number of hydrogen-bond donors (Lipinski definition) is 0. The van der Waals surface area contributed by atoms with Gasteiger partial charge in [-0.15, -0.1) is 0 Å². The second kappa shape index (κ2) is 6.24. The van der Waals surface area contributed by atoms with E-state index < -0.39 is 0 Å². The van der Waals surface area contributed by atoms with E-state index in [9.17, 15) is 4.79 Å². The highest BCUT2D eigenvalue weighted by Gasteiger charge is 2.17. The molecule has 0 radical (unpaired) electrons. The molecule has 0 N–H and O–H groups in total. The predicted octanol–water partition coefficient (Wildman–Crippen LogP) is 2.18. The lowest BCUT2D eigenvalue weighted by Gasteiger charge is -2.22. The van der Waals surface area contributed by atoms with Crippen molar-refractivity contribution >= 4 is 5.78 Å². The van der Waals surface area contributed by atoms with Crippen molar-refractivity contribution in [3.63, 3.8) is 0 Å². The van der Waals surface area contributed by atoms with Crippen LogP contribution in [0.5, 0.6) is 11.5 Å². The molecule has 0 spiro atoms. The van der Waals surface area contributed by atoms with E-state index in [1.165, 1.54) is 6.42 Å². The Bertz CT molecular complexity index is 479. The normalized spacial score (nSPS) is 20.9. The largest absolute Gasteiger partial charge is 0.454 e. The van der Waals surface area contributed by atoms with Crippen LogP contribution in [0, 0.1) is 0 Å². The third-order valence-electron chi connectivity index (χ3n) is 3.51. The van der Waals surface area contributed by atoms with Gasteiger partial charge in [0.1, 0.15) is 6.61 Å². The first-order chi connectivity index (χ1) is 9.83. The molecule has 1 aromatic rings. The summed E-state index contributed by atoms with van der Waals surface area (Å²) in [7, 11) is 0. The van der Waals surface area contributed by atoms with Gasteiger partial charge in [-0.1, -0.05) is 0 Å². The van der Waals surface area contributed by atoms with Gasteiger partial charge in [0.15, 0.2) is 17.3 Å². The van der Waals surface area contributed by atoms with E-state index in [1.54, 1.807) is 18.2 Å². The predicted molar refractivity (Wildman–Crippen MR) is 71.3 cm³/mol. The zero-order valence-corrected chi connectivity index (χ0v) is 11.3. The molecule has 1 fully saturated rings. The molecule has 1 unspecified atom stereocenters. The standard InChI is InChI=1S/C15H18O5/c16-13(9-17-8-12-3-1-2-6-18-12)11-4-5-14-15(7-11)20-10-19-14/h4-5,7,12H,1-3,6,8-10H2. The number of benzene rings is 1. The average molecular weight is 278 g/mol. The van der Waals surface area contributed by atoms with Gasteiger partial charge in [0.25, 0.3) is 0 Å². The van der Waals surface area contributed by atoms with E-state index in [1.807, 2.05) is 0 Å². The molecule has 0 aromatic heterocycles. The van der Waals surface area contributed by atoms with Gasteiger partial charge in [0.05, 0.1) is 12.7 Å². The van der Waals surface area contributed by atoms with Crippen LogP contribution in [0.3, 0.4) is 0 Å². The summed E-state index contributed by atoms with van der Waals surface area (Å²) in [5.41, 5.74) is 0.582. The maximum atomic E-state index is 12.0. The first-order valence-corrected chi connectivity index (χ1v) is 6.95. The van der Waals surface area contributed by atoms with Gasteiger partial charge in [0, 0.05) is 12.2 Å². The summed E-state index contributed by atoms with van der Waals surface area (Å²) >= 11 is 0. The molecule has 20 heavy (non-hydrogen) atoms. The number of ether oxygens (including phenoxy) is 4. The van der Waals surface area contributed by atoms with E-state index in [4.69, 9.17) is 18.9 Å². The number of hydrogen-bond acceptors (Lipinski definition) is 5. The zero-order valence-electron chi connectivity index (χ0n) is 11.3. The van der Waals surface area contributed by atoms with Crippen molar-refractivity contribution < 1.29 is 23.7 Å². The molecule has 1 saturated heterocycles. The SMILES string of the molecule is O=C(COCC1CCCCO1)c1ccc2c(c1)OCO2. The minimum absolute atomic E-state index is 0.0564. The molecule has 3 rings (SSSR count). The van der Waals surface area contributed by atoms with Crippen molar-refractivity contribution in [1.29, 1.82) is 0 Å². The Balaban J connectivity index is 1.49. The van der Waals surface area contributed by atoms with Crippen LogP contribution in [0.25, 0.3) is 0 Å². The first kappa shape index (κ1) is 13.4. The van der Waals surface area contributed by atoms with Crippen LogP contribution in [-0.4, -0.2) is 38.5 Å². The Labute approximate surface area is 117 Å². The van der Waals surface area contributed by atoms with Gasteiger partial charge in [-0.25, -0.2) is 0 Å². The Morgan fingerprint density at radius 1 is 1.25 bits per heavy atom. The first-order valence-electron chi connectivity index (χ1n) is 6.95. The molecule has 2 heterocycles. The number of fused-ring (bicyclic) bond motifs is 1. The summed E-state index contributed by atoms with van der Waals surface area (Å²) in [6.07, 6.45) is 3.43. The second-order valence-corrected chi connectivity index (χ2v) is 4.99. The van der Waals surface area contributed by atoms with E-state index in [2.05, 4.69) is 0 Å². The van der Waals surface area contributed by atoms with Crippen LogP contribution in [-0.2, 0) is 9.47 Å². The maximum absolute atomic E-state index is 12.0. The Morgan fingerprint density at radius 3 is 3.00 bits per heavy atom. The number of rotatable bonds is 5. The molecule has 1 aromatic carbocycles. The fourth-order valence-corrected chi connectivity index (χ4v) is 2.38. The minimum atomic E-state index is -0.0564. The van der Waals surface area contributed by atoms with Crippen LogP contribution in [0.2, 0.25) is 0 Å². The molecule has 2 aliphatic heterocycles. The molecule has 0 aliphatic carbocycles.